The maximum absolute atomic E-state index is 13.6. The molecule has 4 aliphatic rings. The fourth-order valence-corrected chi connectivity index (χ4v) is 8.77. The molecule has 6 heteroatoms. The normalized spacial score (nSPS) is 44.4. The van der Waals surface area contributed by atoms with Crippen molar-refractivity contribution in [2.45, 2.75) is 105 Å². The predicted molar refractivity (Wildman–Crippen MR) is 137 cm³/mol. The van der Waals surface area contributed by atoms with Crippen LogP contribution in [0.4, 0.5) is 0 Å². The van der Waals surface area contributed by atoms with Crippen LogP contribution in [-0.2, 0) is 14.4 Å². The number of fused-ring (bicyclic) bond motifs is 5. The molecule has 3 N–H and O–H groups in total. The summed E-state index contributed by atoms with van der Waals surface area (Å²) in [4.78, 5) is 37.4. The molecule has 0 aromatic rings. The molecule has 200 valence electrons. The van der Waals surface area contributed by atoms with E-state index < -0.39 is 33.9 Å². The number of allylic oxidation sites excluding steroid dienone is 2. The van der Waals surface area contributed by atoms with E-state index in [-0.39, 0.29) is 34.5 Å². The van der Waals surface area contributed by atoms with Gasteiger partial charge in [0.05, 0.1) is 5.92 Å². The largest absolute Gasteiger partial charge is 0.478 e. The van der Waals surface area contributed by atoms with Gasteiger partial charge in [0.2, 0.25) is 0 Å². The summed E-state index contributed by atoms with van der Waals surface area (Å²) < 4.78 is 0. The standard InChI is InChI=1S/C30H44O6/c1-17(9-8-10-18(2)25(33)34)24(32)21-15-28(6)19-11-12-22-26(3,4)23(31)13-14-27(22,5)20(19)16-30(28,36)29(21,7)35/h10,16-17,19,21-22,35-36H,8-9,11-15H2,1-7H3,(H,33,34). The lowest BCUT2D eigenvalue weighted by Crippen LogP contribution is -2.57. The number of carboxylic acids is 1. The van der Waals surface area contributed by atoms with Gasteiger partial charge in [-0.1, -0.05) is 46.3 Å². The van der Waals surface area contributed by atoms with E-state index in [4.69, 9.17) is 5.11 Å². The molecule has 0 amide bonds. The molecule has 3 saturated carbocycles. The maximum atomic E-state index is 13.6. The molecule has 8 atom stereocenters. The van der Waals surface area contributed by atoms with Gasteiger partial charge in [-0.2, -0.15) is 0 Å². The Kier molecular flexibility index (Phi) is 6.33. The van der Waals surface area contributed by atoms with E-state index in [0.717, 1.165) is 19.3 Å². The van der Waals surface area contributed by atoms with E-state index >= 15 is 0 Å². The quantitative estimate of drug-likeness (QED) is 0.354. The van der Waals surface area contributed by atoms with E-state index in [1.807, 2.05) is 19.9 Å². The van der Waals surface area contributed by atoms with Crippen LogP contribution in [0.2, 0.25) is 0 Å². The lowest BCUT2D eigenvalue weighted by atomic mass is 9.47. The number of hydrogen-bond donors (Lipinski definition) is 3. The Bertz CT molecular complexity index is 1050. The highest BCUT2D eigenvalue weighted by Gasteiger charge is 2.75. The number of hydrogen-bond acceptors (Lipinski definition) is 5. The molecule has 3 fully saturated rings. The molecule has 4 rings (SSSR count). The van der Waals surface area contributed by atoms with Crippen molar-refractivity contribution in [3.8, 4) is 0 Å². The summed E-state index contributed by atoms with van der Waals surface area (Å²) in [5, 5.41) is 33.1. The summed E-state index contributed by atoms with van der Waals surface area (Å²) in [7, 11) is 0. The van der Waals surface area contributed by atoms with E-state index in [0.29, 0.717) is 31.5 Å². The van der Waals surface area contributed by atoms with Crippen LogP contribution in [0.15, 0.2) is 23.3 Å². The first-order chi connectivity index (χ1) is 16.4. The fourth-order valence-electron chi connectivity index (χ4n) is 8.77. The Labute approximate surface area is 215 Å². The summed E-state index contributed by atoms with van der Waals surface area (Å²) in [6, 6.07) is 0. The van der Waals surface area contributed by atoms with Gasteiger partial charge in [0.15, 0.2) is 0 Å². The molecule has 8 unspecified atom stereocenters. The van der Waals surface area contributed by atoms with Gasteiger partial charge in [-0.05, 0) is 75.7 Å². The van der Waals surface area contributed by atoms with Gasteiger partial charge in [-0.25, -0.2) is 4.79 Å². The van der Waals surface area contributed by atoms with Crippen LogP contribution in [0.1, 0.15) is 93.4 Å². The molecule has 0 saturated heterocycles. The van der Waals surface area contributed by atoms with E-state index in [9.17, 15) is 24.6 Å². The minimum Gasteiger partial charge on any atom is -0.478 e. The topological polar surface area (TPSA) is 112 Å². The summed E-state index contributed by atoms with van der Waals surface area (Å²) in [5.74, 6) is -1.51. The zero-order chi connectivity index (χ0) is 27.1. The number of carbonyl (C=O) groups excluding carboxylic acids is 2. The van der Waals surface area contributed by atoms with E-state index in [1.165, 1.54) is 12.5 Å². The molecule has 0 radical (unpaired) electrons. The summed E-state index contributed by atoms with van der Waals surface area (Å²) in [6.45, 7) is 13.4. The third kappa shape index (κ3) is 3.46. The fraction of sp³-hybridized carbons (Fsp3) is 0.767. The van der Waals surface area contributed by atoms with Crippen LogP contribution in [0, 0.1) is 39.9 Å². The molecule has 0 aliphatic heterocycles. The van der Waals surface area contributed by atoms with Crippen LogP contribution < -0.4 is 0 Å². The minimum atomic E-state index is -1.61. The molecule has 6 nitrogen and oxygen atoms in total. The maximum Gasteiger partial charge on any atom is 0.330 e. The molecular formula is C30H44O6. The highest BCUT2D eigenvalue weighted by Crippen LogP contribution is 2.72. The van der Waals surface area contributed by atoms with Crippen molar-refractivity contribution in [3.63, 3.8) is 0 Å². The van der Waals surface area contributed by atoms with Crippen LogP contribution in [0.5, 0.6) is 0 Å². The zero-order valence-electron chi connectivity index (χ0n) is 23.0. The smallest absolute Gasteiger partial charge is 0.330 e. The van der Waals surface area contributed by atoms with Crippen LogP contribution in [0.3, 0.4) is 0 Å². The second kappa shape index (κ2) is 8.36. The van der Waals surface area contributed by atoms with Crippen LogP contribution in [0.25, 0.3) is 0 Å². The average Bonchev–Trinajstić information content (AvgIpc) is 3.12. The molecule has 4 aliphatic carbocycles. The second-order valence-corrected chi connectivity index (χ2v) is 13.5. The van der Waals surface area contributed by atoms with Crippen molar-refractivity contribution in [2.24, 2.45) is 39.9 Å². The van der Waals surface area contributed by atoms with Crippen molar-refractivity contribution >= 4 is 17.5 Å². The molecule has 0 aromatic heterocycles. The van der Waals surface area contributed by atoms with Crippen molar-refractivity contribution in [2.75, 3.05) is 0 Å². The molecule has 0 bridgehead atoms. The molecule has 0 heterocycles. The summed E-state index contributed by atoms with van der Waals surface area (Å²) >= 11 is 0. The van der Waals surface area contributed by atoms with Crippen molar-refractivity contribution in [3.05, 3.63) is 23.3 Å². The van der Waals surface area contributed by atoms with E-state index in [2.05, 4.69) is 20.8 Å². The number of aliphatic carboxylic acids is 1. The van der Waals surface area contributed by atoms with Gasteiger partial charge in [-0.3, -0.25) is 9.59 Å². The Morgan fingerprint density at radius 3 is 2.39 bits per heavy atom. The summed E-state index contributed by atoms with van der Waals surface area (Å²) in [5.41, 5.74) is -2.99. The van der Waals surface area contributed by atoms with Crippen molar-refractivity contribution in [1.29, 1.82) is 0 Å². The first-order valence-corrected chi connectivity index (χ1v) is 13.6. The molecular weight excluding hydrogens is 456 g/mol. The number of carbonyl (C=O) groups is 3. The highest BCUT2D eigenvalue weighted by atomic mass is 16.4. The van der Waals surface area contributed by atoms with Crippen molar-refractivity contribution in [1.82, 2.24) is 0 Å². The number of carboxylic acid groups (broad SMARTS) is 1. The number of ketones is 2. The van der Waals surface area contributed by atoms with Gasteiger partial charge < -0.3 is 15.3 Å². The average molecular weight is 501 g/mol. The Balaban J connectivity index is 1.63. The predicted octanol–water partition coefficient (Wildman–Crippen LogP) is 4.87. The van der Waals surface area contributed by atoms with Crippen LogP contribution in [-0.4, -0.2) is 44.1 Å². The third-order valence-electron chi connectivity index (χ3n) is 11.3. The molecule has 0 aromatic carbocycles. The Hall–Kier alpha value is -1.79. The highest BCUT2D eigenvalue weighted by molar-refractivity contribution is 5.87. The number of Topliss-reactive ketones (excluding diaryl/α,β-unsaturated/α-hetero) is 2. The van der Waals surface area contributed by atoms with Gasteiger partial charge in [0.1, 0.15) is 22.8 Å². The van der Waals surface area contributed by atoms with Gasteiger partial charge in [-0.15, -0.1) is 0 Å². The zero-order valence-corrected chi connectivity index (χ0v) is 23.0. The lowest BCUT2D eigenvalue weighted by molar-refractivity contribution is -0.160. The van der Waals surface area contributed by atoms with Gasteiger partial charge >= 0.3 is 5.97 Å². The Morgan fingerprint density at radius 2 is 1.78 bits per heavy atom. The lowest BCUT2D eigenvalue weighted by Gasteiger charge is -2.56. The first kappa shape index (κ1) is 27.3. The SMILES string of the molecule is CC(=CCCC(C)C(=O)C1CC2(C)C3CCC4C(C)(C)C(=O)CCC4(C)C3=CC2(O)C1(C)O)C(=O)O. The summed E-state index contributed by atoms with van der Waals surface area (Å²) in [6.07, 6.45) is 7.96. The number of rotatable bonds is 6. The van der Waals surface area contributed by atoms with Gasteiger partial charge in [0, 0.05) is 28.7 Å². The Morgan fingerprint density at radius 1 is 1.14 bits per heavy atom. The third-order valence-corrected chi connectivity index (χ3v) is 11.3. The molecule has 36 heavy (non-hydrogen) atoms. The molecule has 0 spiro atoms. The van der Waals surface area contributed by atoms with Crippen molar-refractivity contribution < 1.29 is 29.7 Å². The first-order valence-electron chi connectivity index (χ1n) is 13.6. The second-order valence-electron chi connectivity index (χ2n) is 13.5. The van der Waals surface area contributed by atoms with E-state index in [1.54, 1.807) is 13.0 Å². The van der Waals surface area contributed by atoms with Crippen LogP contribution >= 0.6 is 0 Å². The number of aliphatic hydroxyl groups is 2. The monoisotopic (exact) mass is 500 g/mol. The van der Waals surface area contributed by atoms with Gasteiger partial charge in [0.25, 0.3) is 0 Å². The minimum absolute atomic E-state index is 0.0634.